The van der Waals surface area contributed by atoms with Crippen LogP contribution in [0, 0.1) is 12.8 Å². The maximum atomic E-state index is 12.4. The van der Waals surface area contributed by atoms with Crippen LogP contribution in [0.15, 0.2) is 42.5 Å². The van der Waals surface area contributed by atoms with Gasteiger partial charge in [-0.1, -0.05) is 40.9 Å². The highest BCUT2D eigenvalue weighted by atomic mass is 35.5. The van der Waals surface area contributed by atoms with E-state index < -0.39 is 36.2 Å². The molecule has 0 spiro atoms. The van der Waals surface area contributed by atoms with Gasteiger partial charge in [0.25, 0.3) is 11.8 Å². The van der Waals surface area contributed by atoms with E-state index in [1.165, 1.54) is 18.2 Å². The Labute approximate surface area is 188 Å². The van der Waals surface area contributed by atoms with Crippen molar-refractivity contribution in [2.75, 3.05) is 18.5 Å². The summed E-state index contributed by atoms with van der Waals surface area (Å²) in [6, 6.07) is 11.5. The molecule has 0 bridgehead atoms. The first kappa shape index (κ1) is 22.6. The Morgan fingerprint density at radius 3 is 2.52 bits per heavy atom. The molecule has 0 saturated carbocycles. The first-order valence-electron chi connectivity index (χ1n) is 9.32. The largest absolute Gasteiger partial charge is 0.455 e. The third kappa shape index (κ3) is 5.96. The van der Waals surface area contributed by atoms with Gasteiger partial charge in [-0.05, 0) is 37.3 Å². The summed E-state index contributed by atoms with van der Waals surface area (Å²) >= 11 is 11.8. The average Bonchev–Trinajstić information content (AvgIpc) is 3.08. The van der Waals surface area contributed by atoms with Crippen LogP contribution >= 0.6 is 23.2 Å². The number of rotatable bonds is 6. The second-order valence-electron chi connectivity index (χ2n) is 6.99. The van der Waals surface area contributed by atoms with Gasteiger partial charge in [0, 0.05) is 17.1 Å². The predicted octanol–water partition coefficient (Wildman–Crippen LogP) is 2.98. The molecule has 1 atom stereocenters. The fourth-order valence-corrected chi connectivity index (χ4v) is 3.41. The number of hydrazine groups is 1. The third-order valence-electron chi connectivity index (χ3n) is 4.55. The molecule has 3 rings (SSSR count). The number of anilines is 1. The fourth-order valence-electron chi connectivity index (χ4n) is 2.92. The van der Waals surface area contributed by atoms with Gasteiger partial charge in [-0.25, -0.2) is 0 Å². The molecular weight excluding hydrogens is 445 g/mol. The van der Waals surface area contributed by atoms with E-state index in [0.29, 0.717) is 10.7 Å². The van der Waals surface area contributed by atoms with Gasteiger partial charge in [-0.3, -0.25) is 29.6 Å². The van der Waals surface area contributed by atoms with Gasteiger partial charge in [0.2, 0.25) is 5.91 Å². The quantitative estimate of drug-likeness (QED) is 0.640. The zero-order chi connectivity index (χ0) is 22.5. The molecule has 1 aliphatic rings. The second kappa shape index (κ2) is 9.80. The van der Waals surface area contributed by atoms with Crippen LogP contribution in [0.4, 0.5) is 5.69 Å². The van der Waals surface area contributed by atoms with E-state index in [1.807, 2.05) is 19.1 Å². The summed E-state index contributed by atoms with van der Waals surface area (Å²) in [5.74, 6) is -3.07. The minimum Gasteiger partial charge on any atom is -0.455 e. The highest BCUT2D eigenvalue weighted by Gasteiger charge is 2.37. The van der Waals surface area contributed by atoms with Crippen LogP contribution in [0.2, 0.25) is 10.0 Å². The monoisotopic (exact) mass is 463 g/mol. The molecule has 1 saturated heterocycles. The van der Waals surface area contributed by atoms with E-state index in [-0.39, 0.29) is 23.6 Å². The predicted molar refractivity (Wildman–Crippen MR) is 115 cm³/mol. The number of halogens is 2. The zero-order valence-electron chi connectivity index (χ0n) is 16.5. The first-order chi connectivity index (χ1) is 14.7. The van der Waals surface area contributed by atoms with Crippen molar-refractivity contribution in [1.29, 1.82) is 0 Å². The Hall–Kier alpha value is -3.10. The van der Waals surface area contributed by atoms with Crippen LogP contribution < -0.4 is 10.7 Å². The molecule has 0 radical (unpaired) electrons. The topological polar surface area (TPSA) is 105 Å². The molecule has 3 amide bonds. The lowest BCUT2D eigenvalue weighted by molar-refractivity contribution is -0.151. The molecule has 0 aliphatic carbocycles. The molecule has 162 valence electrons. The van der Waals surface area contributed by atoms with Crippen LogP contribution in [-0.4, -0.2) is 41.9 Å². The summed E-state index contributed by atoms with van der Waals surface area (Å²) in [4.78, 5) is 48.7. The van der Waals surface area contributed by atoms with Crippen molar-refractivity contribution < 1.29 is 23.9 Å². The summed E-state index contributed by atoms with van der Waals surface area (Å²) in [5.41, 5.74) is 4.19. The maximum Gasteiger partial charge on any atom is 0.311 e. The van der Waals surface area contributed by atoms with Crippen molar-refractivity contribution in [3.63, 3.8) is 0 Å². The third-order valence-corrected chi connectivity index (χ3v) is 5.10. The van der Waals surface area contributed by atoms with Crippen molar-refractivity contribution in [3.05, 3.63) is 63.6 Å². The zero-order valence-corrected chi connectivity index (χ0v) is 18.0. The average molecular weight is 464 g/mol. The molecule has 1 aliphatic heterocycles. The minimum absolute atomic E-state index is 0.0752. The van der Waals surface area contributed by atoms with E-state index in [4.69, 9.17) is 27.9 Å². The van der Waals surface area contributed by atoms with Crippen LogP contribution in [0.3, 0.4) is 0 Å². The number of amides is 3. The molecule has 10 heteroatoms. The Morgan fingerprint density at radius 1 is 1.13 bits per heavy atom. The SMILES string of the molecule is Cc1ccc(NC(=O)COC(=O)[C@H]2CC(=O)N(NC(=O)c3ccc(Cl)cc3Cl)C2)cc1. The molecule has 1 fully saturated rings. The normalized spacial score (nSPS) is 15.5. The maximum absolute atomic E-state index is 12.4. The van der Waals surface area contributed by atoms with Crippen molar-refractivity contribution in [2.45, 2.75) is 13.3 Å². The Balaban J connectivity index is 1.49. The molecule has 8 nitrogen and oxygen atoms in total. The summed E-state index contributed by atoms with van der Waals surface area (Å²) in [6.07, 6.45) is -0.146. The number of benzene rings is 2. The van der Waals surface area contributed by atoms with Gasteiger partial charge in [0.15, 0.2) is 6.61 Å². The standard InChI is InChI=1S/C21H19Cl2N3O5/c1-12-2-5-15(6-3-12)24-18(27)11-31-21(30)13-8-19(28)26(10-13)25-20(29)16-7-4-14(22)9-17(16)23/h2-7,9,13H,8,10-11H2,1H3,(H,24,27)(H,25,29)/t13-/m0/s1. The second-order valence-corrected chi connectivity index (χ2v) is 7.84. The fraction of sp³-hybridized carbons (Fsp3) is 0.238. The molecular formula is C21H19Cl2N3O5. The van der Waals surface area contributed by atoms with Crippen LogP contribution in [0.25, 0.3) is 0 Å². The first-order valence-corrected chi connectivity index (χ1v) is 10.1. The molecule has 1 heterocycles. The van der Waals surface area contributed by atoms with E-state index >= 15 is 0 Å². The summed E-state index contributed by atoms with van der Waals surface area (Å²) in [7, 11) is 0. The van der Waals surface area contributed by atoms with Crippen molar-refractivity contribution in [3.8, 4) is 0 Å². The lowest BCUT2D eigenvalue weighted by atomic mass is 10.1. The van der Waals surface area contributed by atoms with Crippen LogP contribution in [-0.2, 0) is 19.1 Å². The number of ether oxygens (including phenoxy) is 1. The molecule has 0 unspecified atom stereocenters. The molecule has 0 aromatic heterocycles. The van der Waals surface area contributed by atoms with Crippen molar-refractivity contribution in [1.82, 2.24) is 10.4 Å². The van der Waals surface area contributed by atoms with Crippen molar-refractivity contribution in [2.24, 2.45) is 5.92 Å². The van der Waals surface area contributed by atoms with Crippen LogP contribution in [0.5, 0.6) is 0 Å². The highest BCUT2D eigenvalue weighted by molar-refractivity contribution is 6.36. The highest BCUT2D eigenvalue weighted by Crippen LogP contribution is 2.22. The Bertz CT molecular complexity index is 1030. The number of carbonyl (C=O) groups is 4. The van der Waals surface area contributed by atoms with Gasteiger partial charge >= 0.3 is 5.97 Å². The van der Waals surface area contributed by atoms with Gasteiger partial charge in [0.05, 0.1) is 23.0 Å². The van der Waals surface area contributed by atoms with Gasteiger partial charge < -0.3 is 10.1 Å². The summed E-state index contributed by atoms with van der Waals surface area (Å²) < 4.78 is 5.02. The molecule has 31 heavy (non-hydrogen) atoms. The minimum atomic E-state index is -0.805. The molecule has 2 N–H and O–H groups in total. The lowest BCUT2D eigenvalue weighted by Gasteiger charge is -2.18. The summed E-state index contributed by atoms with van der Waals surface area (Å²) in [5, 5.41) is 4.15. The van der Waals surface area contributed by atoms with Gasteiger partial charge in [-0.15, -0.1) is 0 Å². The van der Waals surface area contributed by atoms with E-state index in [1.54, 1.807) is 12.1 Å². The van der Waals surface area contributed by atoms with Gasteiger partial charge in [0.1, 0.15) is 0 Å². The molecule has 2 aromatic carbocycles. The molecule has 2 aromatic rings. The number of esters is 1. The van der Waals surface area contributed by atoms with E-state index in [0.717, 1.165) is 10.6 Å². The lowest BCUT2D eigenvalue weighted by Crippen LogP contribution is -2.43. The Morgan fingerprint density at radius 2 is 1.84 bits per heavy atom. The number of nitrogens with one attached hydrogen (secondary N) is 2. The number of aryl methyl sites for hydroxylation is 1. The summed E-state index contributed by atoms with van der Waals surface area (Å²) in [6.45, 7) is 1.37. The number of hydrogen-bond acceptors (Lipinski definition) is 5. The smallest absolute Gasteiger partial charge is 0.311 e. The number of hydrogen-bond donors (Lipinski definition) is 2. The van der Waals surface area contributed by atoms with Crippen molar-refractivity contribution >= 4 is 52.6 Å². The Kier molecular flexibility index (Phi) is 7.14. The van der Waals surface area contributed by atoms with Gasteiger partial charge in [-0.2, -0.15) is 0 Å². The number of nitrogens with zero attached hydrogens (tertiary/aromatic N) is 1. The van der Waals surface area contributed by atoms with E-state index in [9.17, 15) is 19.2 Å². The van der Waals surface area contributed by atoms with E-state index in [2.05, 4.69) is 10.7 Å². The number of carbonyl (C=O) groups excluding carboxylic acids is 4. The van der Waals surface area contributed by atoms with Crippen LogP contribution in [0.1, 0.15) is 22.3 Å².